The van der Waals surface area contributed by atoms with Gasteiger partial charge >= 0.3 is 26.2 Å². The molecule has 0 aliphatic heterocycles. The maximum Gasteiger partial charge on any atom is 3.00 e. The Labute approximate surface area is 90.9 Å². The van der Waals surface area contributed by atoms with E-state index in [9.17, 15) is 0 Å². The molecule has 0 aromatic carbocycles. The van der Waals surface area contributed by atoms with Crippen molar-refractivity contribution < 1.29 is 26.2 Å². The summed E-state index contributed by atoms with van der Waals surface area (Å²) in [5.74, 6) is 0. The molecular formula is C10H17Zr. The molecule has 0 spiro atoms. The molecule has 0 heterocycles. The van der Waals surface area contributed by atoms with Crippen LogP contribution in [0.1, 0.15) is 26.2 Å². The van der Waals surface area contributed by atoms with Crippen LogP contribution in [0.3, 0.4) is 0 Å². The zero-order valence-electron chi connectivity index (χ0n) is 7.78. The Morgan fingerprint density at radius 2 is 2.09 bits per heavy atom. The predicted molar refractivity (Wildman–Crippen MR) is 48.2 cm³/mol. The second-order valence-corrected chi connectivity index (χ2v) is 2.06. The summed E-state index contributed by atoms with van der Waals surface area (Å²) in [5.41, 5.74) is 1.40. The largest absolute Gasteiger partial charge is 3.00 e. The van der Waals surface area contributed by atoms with Gasteiger partial charge in [0, 0.05) is 0 Å². The van der Waals surface area contributed by atoms with Gasteiger partial charge in [0.25, 0.3) is 0 Å². The van der Waals surface area contributed by atoms with E-state index >= 15 is 0 Å². The van der Waals surface area contributed by atoms with Crippen molar-refractivity contribution in [2.24, 2.45) is 0 Å². The van der Waals surface area contributed by atoms with Gasteiger partial charge in [-0.3, -0.25) is 6.08 Å². The van der Waals surface area contributed by atoms with E-state index in [-0.39, 0.29) is 41.1 Å². The minimum atomic E-state index is 0. The van der Waals surface area contributed by atoms with Crippen LogP contribution in [0.4, 0.5) is 0 Å². The molecule has 0 fully saturated rings. The van der Waals surface area contributed by atoms with Crippen LogP contribution in [0.15, 0.2) is 17.7 Å². The van der Waals surface area contributed by atoms with E-state index in [0.29, 0.717) is 0 Å². The fourth-order valence-corrected chi connectivity index (χ4v) is 0.891. The van der Waals surface area contributed by atoms with E-state index < -0.39 is 0 Å². The molecule has 1 rings (SSSR count). The third-order valence-corrected chi connectivity index (χ3v) is 1.29. The van der Waals surface area contributed by atoms with Gasteiger partial charge in [-0.15, -0.1) is 6.42 Å². The van der Waals surface area contributed by atoms with E-state index in [1.165, 1.54) is 18.4 Å². The normalized spacial score (nSPS) is 12.3. The first-order valence-electron chi connectivity index (χ1n) is 3.19. The minimum Gasteiger partial charge on any atom is -0.358 e. The van der Waals surface area contributed by atoms with Crippen molar-refractivity contribution in [3.63, 3.8) is 0 Å². The third kappa shape index (κ3) is 6.75. The van der Waals surface area contributed by atoms with Gasteiger partial charge in [-0.25, -0.2) is 11.6 Å². The number of rotatable bonds is 2. The molecule has 0 nitrogen and oxygen atoms in total. The van der Waals surface area contributed by atoms with Gasteiger partial charge in [0.15, 0.2) is 0 Å². The average Bonchev–Trinajstić information content (AvgIpc) is 2.19. The Bertz CT molecular complexity index is 123. The Hall–Kier alpha value is 0.363. The second kappa shape index (κ2) is 10.4. The monoisotopic (exact) mass is 227 g/mol. The minimum absolute atomic E-state index is 0. The summed E-state index contributed by atoms with van der Waals surface area (Å²) >= 11 is 0. The van der Waals surface area contributed by atoms with Gasteiger partial charge in [0.05, 0.1) is 0 Å². The molecule has 0 bridgehead atoms. The SMILES string of the molecule is CCCC1=[C-]CC=C1.[CH3-].[CH3-].[Zr+3]. The molecule has 0 saturated heterocycles. The standard InChI is InChI=1S/C8H11.2CH3.Zr/c1-2-5-8-6-3-4-7-8;;;/h3,6H,2,4-5H2,1H3;2*1H3;/q3*-1;+3. The van der Waals surface area contributed by atoms with Crippen molar-refractivity contribution in [1.29, 1.82) is 0 Å². The third-order valence-electron chi connectivity index (χ3n) is 1.29. The van der Waals surface area contributed by atoms with Crippen LogP contribution in [-0.4, -0.2) is 0 Å². The fraction of sp³-hybridized carbons (Fsp3) is 0.400. The maximum atomic E-state index is 3.26. The molecule has 0 aromatic heterocycles. The Morgan fingerprint density at radius 3 is 2.45 bits per heavy atom. The quantitative estimate of drug-likeness (QED) is 0.636. The summed E-state index contributed by atoms with van der Waals surface area (Å²) in [6, 6.07) is 0. The van der Waals surface area contributed by atoms with Gasteiger partial charge in [-0.1, -0.05) is 19.8 Å². The fourth-order valence-electron chi connectivity index (χ4n) is 0.891. The van der Waals surface area contributed by atoms with Crippen LogP contribution in [0, 0.1) is 20.9 Å². The summed E-state index contributed by atoms with van der Waals surface area (Å²) in [4.78, 5) is 0. The van der Waals surface area contributed by atoms with Crippen molar-refractivity contribution in [2.45, 2.75) is 26.2 Å². The van der Waals surface area contributed by atoms with E-state index in [1.807, 2.05) is 0 Å². The maximum absolute atomic E-state index is 3.26. The molecule has 61 valence electrons. The predicted octanol–water partition coefficient (Wildman–Crippen LogP) is 3.37. The molecule has 0 N–H and O–H groups in total. The molecule has 0 aromatic rings. The zero-order valence-corrected chi connectivity index (χ0v) is 10.2. The Balaban J connectivity index is -0.000000213. The zero-order chi connectivity index (χ0) is 5.82. The van der Waals surface area contributed by atoms with Crippen molar-refractivity contribution >= 4 is 0 Å². The van der Waals surface area contributed by atoms with Crippen LogP contribution < -0.4 is 0 Å². The van der Waals surface area contributed by atoms with Gasteiger partial charge in [0.2, 0.25) is 0 Å². The van der Waals surface area contributed by atoms with Crippen LogP contribution in [0.2, 0.25) is 0 Å². The van der Waals surface area contributed by atoms with Crippen molar-refractivity contribution in [3.05, 3.63) is 38.7 Å². The summed E-state index contributed by atoms with van der Waals surface area (Å²) in [6.45, 7) is 2.20. The van der Waals surface area contributed by atoms with E-state index in [1.54, 1.807) is 0 Å². The van der Waals surface area contributed by atoms with Crippen molar-refractivity contribution in [1.82, 2.24) is 0 Å². The molecule has 0 amide bonds. The van der Waals surface area contributed by atoms with Crippen molar-refractivity contribution in [2.75, 3.05) is 0 Å². The van der Waals surface area contributed by atoms with Gasteiger partial charge in [-0.2, -0.15) is 6.08 Å². The van der Waals surface area contributed by atoms with E-state index in [0.717, 1.165) is 6.42 Å². The Kier molecular flexibility index (Phi) is 16.4. The topological polar surface area (TPSA) is 0 Å². The molecule has 0 saturated carbocycles. The van der Waals surface area contributed by atoms with Crippen LogP contribution in [0.5, 0.6) is 0 Å². The summed E-state index contributed by atoms with van der Waals surface area (Å²) in [6.07, 6.45) is 11.1. The molecule has 0 atom stereocenters. The molecule has 1 heteroatoms. The van der Waals surface area contributed by atoms with E-state index in [2.05, 4.69) is 25.2 Å². The average molecular weight is 228 g/mol. The first kappa shape index (κ1) is 17.4. The van der Waals surface area contributed by atoms with Crippen LogP contribution in [-0.2, 0) is 26.2 Å². The number of hydrogen-bond acceptors (Lipinski definition) is 0. The van der Waals surface area contributed by atoms with Gasteiger partial charge in [0.1, 0.15) is 0 Å². The number of hydrogen-bond donors (Lipinski definition) is 0. The summed E-state index contributed by atoms with van der Waals surface area (Å²) < 4.78 is 0. The van der Waals surface area contributed by atoms with Gasteiger partial charge < -0.3 is 14.9 Å². The summed E-state index contributed by atoms with van der Waals surface area (Å²) in [7, 11) is 0. The first-order valence-corrected chi connectivity index (χ1v) is 3.19. The van der Waals surface area contributed by atoms with Crippen molar-refractivity contribution in [3.8, 4) is 0 Å². The molecular weight excluding hydrogens is 211 g/mol. The Morgan fingerprint density at radius 1 is 1.45 bits per heavy atom. The molecule has 1 radical (unpaired) electrons. The summed E-state index contributed by atoms with van der Waals surface area (Å²) in [5, 5.41) is 0. The van der Waals surface area contributed by atoms with Gasteiger partial charge in [-0.05, 0) is 0 Å². The molecule has 11 heavy (non-hydrogen) atoms. The van der Waals surface area contributed by atoms with Crippen LogP contribution >= 0.6 is 0 Å². The molecule has 1 aliphatic carbocycles. The smallest absolute Gasteiger partial charge is 0.358 e. The molecule has 0 unspecified atom stereocenters. The first-order chi connectivity index (χ1) is 3.93. The van der Waals surface area contributed by atoms with E-state index in [4.69, 9.17) is 0 Å². The second-order valence-electron chi connectivity index (χ2n) is 2.06. The number of allylic oxidation sites excluding steroid dienone is 4. The van der Waals surface area contributed by atoms with Crippen LogP contribution in [0.25, 0.3) is 0 Å². The molecule has 1 aliphatic rings.